The first-order valence-electron chi connectivity index (χ1n) is 6.80. The molecule has 0 heterocycles. The zero-order valence-electron chi connectivity index (χ0n) is 12.3. The number of nitrogens with one attached hydrogen (secondary N) is 2. The zero-order chi connectivity index (χ0) is 15.0. The number of carbonyl (C=O) groups is 1. The van der Waals surface area contributed by atoms with Crippen LogP contribution >= 0.6 is 0 Å². The van der Waals surface area contributed by atoms with Crippen molar-refractivity contribution in [2.45, 2.75) is 32.4 Å². The molecule has 112 valence electrons. The monoisotopic (exact) mass is 282 g/mol. The van der Waals surface area contributed by atoms with Gasteiger partial charge in [-0.25, -0.2) is 4.39 Å². The van der Waals surface area contributed by atoms with Crippen LogP contribution in [0.15, 0.2) is 24.3 Å². The van der Waals surface area contributed by atoms with Gasteiger partial charge >= 0.3 is 0 Å². The number of hydrogen-bond acceptors (Lipinski definition) is 3. The summed E-state index contributed by atoms with van der Waals surface area (Å²) in [5.41, 5.74) is 0.652. The second-order valence-electron chi connectivity index (χ2n) is 4.87. The van der Waals surface area contributed by atoms with Crippen LogP contribution in [0.5, 0.6) is 0 Å². The third kappa shape index (κ3) is 5.67. The van der Waals surface area contributed by atoms with Crippen molar-refractivity contribution in [2.24, 2.45) is 0 Å². The average Bonchev–Trinajstić information content (AvgIpc) is 2.41. The fraction of sp³-hybridized carbons (Fsp3) is 0.533. The first kappa shape index (κ1) is 16.6. The lowest BCUT2D eigenvalue weighted by molar-refractivity contribution is -0.123. The molecule has 0 aliphatic carbocycles. The highest BCUT2D eigenvalue weighted by molar-refractivity contribution is 5.81. The Bertz CT molecular complexity index is 426. The minimum absolute atomic E-state index is 0.00933. The van der Waals surface area contributed by atoms with E-state index in [0.29, 0.717) is 25.1 Å². The van der Waals surface area contributed by atoms with E-state index in [1.807, 2.05) is 13.0 Å². The SMILES string of the molecule is COCCNC(=O)C(C)NC(C)Cc1ccccc1F. The molecule has 0 fully saturated rings. The third-order valence-corrected chi connectivity index (χ3v) is 3.02. The molecule has 2 unspecified atom stereocenters. The number of halogens is 1. The number of carbonyl (C=O) groups excluding carboxylic acids is 1. The van der Waals surface area contributed by atoms with E-state index in [1.165, 1.54) is 6.07 Å². The summed E-state index contributed by atoms with van der Waals surface area (Å²) in [5.74, 6) is -0.291. The van der Waals surface area contributed by atoms with Crippen molar-refractivity contribution in [1.82, 2.24) is 10.6 Å². The van der Waals surface area contributed by atoms with Crippen molar-refractivity contribution >= 4 is 5.91 Å². The predicted molar refractivity (Wildman–Crippen MR) is 77.0 cm³/mol. The lowest BCUT2D eigenvalue weighted by atomic mass is 10.1. The highest BCUT2D eigenvalue weighted by atomic mass is 19.1. The Balaban J connectivity index is 2.39. The standard InChI is InChI=1S/C15H23FN2O2/c1-11(10-13-6-4-5-7-14(13)16)18-12(2)15(19)17-8-9-20-3/h4-7,11-12,18H,8-10H2,1-3H3,(H,17,19). The van der Waals surface area contributed by atoms with Gasteiger partial charge in [0.2, 0.25) is 5.91 Å². The van der Waals surface area contributed by atoms with Crippen molar-refractivity contribution in [1.29, 1.82) is 0 Å². The minimum Gasteiger partial charge on any atom is -0.383 e. The van der Waals surface area contributed by atoms with Gasteiger partial charge in [-0.2, -0.15) is 0 Å². The number of ether oxygens (including phenoxy) is 1. The summed E-state index contributed by atoms with van der Waals surface area (Å²) in [6, 6.07) is 6.37. The summed E-state index contributed by atoms with van der Waals surface area (Å²) in [6.07, 6.45) is 0.544. The Morgan fingerprint density at radius 1 is 1.35 bits per heavy atom. The molecule has 0 radical (unpaired) electrons. The summed E-state index contributed by atoms with van der Waals surface area (Å²) in [4.78, 5) is 11.8. The van der Waals surface area contributed by atoms with Crippen molar-refractivity contribution < 1.29 is 13.9 Å². The molecule has 1 rings (SSSR count). The number of hydrogen-bond donors (Lipinski definition) is 2. The van der Waals surface area contributed by atoms with Crippen LogP contribution in [0, 0.1) is 5.82 Å². The molecule has 0 bridgehead atoms. The van der Waals surface area contributed by atoms with Crippen LogP contribution in [0.1, 0.15) is 19.4 Å². The van der Waals surface area contributed by atoms with Gasteiger partial charge in [0.1, 0.15) is 5.82 Å². The van der Waals surface area contributed by atoms with Crippen molar-refractivity contribution in [3.63, 3.8) is 0 Å². The zero-order valence-corrected chi connectivity index (χ0v) is 12.3. The van der Waals surface area contributed by atoms with Crippen molar-refractivity contribution in [3.05, 3.63) is 35.6 Å². The summed E-state index contributed by atoms with van der Waals surface area (Å²) < 4.78 is 18.4. The summed E-state index contributed by atoms with van der Waals surface area (Å²) in [7, 11) is 1.59. The van der Waals surface area contributed by atoms with Gasteiger partial charge in [-0.15, -0.1) is 0 Å². The molecule has 1 aromatic carbocycles. The lowest BCUT2D eigenvalue weighted by Crippen LogP contribution is -2.47. The highest BCUT2D eigenvalue weighted by Crippen LogP contribution is 2.09. The minimum atomic E-state index is -0.325. The molecule has 4 nitrogen and oxygen atoms in total. The van der Waals surface area contributed by atoms with E-state index >= 15 is 0 Å². The van der Waals surface area contributed by atoms with E-state index in [2.05, 4.69) is 10.6 Å². The third-order valence-electron chi connectivity index (χ3n) is 3.02. The fourth-order valence-corrected chi connectivity index (χ4v) is 1.98. The van der Waals surface area contributed by atoms with E-state index in [4.69, 9.17) is 4.74 Å². The molecule has 0 aliphatic rings. The predicted octanol–water partition coefficient (Wildman–Crippen LogP) is 1.50. The number of methoxy groups -OCH3 is 1. The van der Waals surface area contributed by atoms with E-state index in [-0.39, 0.29) is 23.8 Å². The fourth-order valence-electron chi connectivity index (χ4n) is 1.98. The van der Waals surface area contributed by atoms with E-state index in [0.717, 1.165) is 0 Å². The first-order valence-corrected chi connectivity index (χ1v) is 6.80. The molecule has 5 heteroatoms. The molecule has 2 N–H and O–H groups in total. The highest BCUT2D eigenvalue weighted by Gasteiger charge is 2.15. The molecule has 0 aliphatic heterocycles. The summed E-state index contributed by atoms with van der Waals surface area (Å²) in [6.45, 7) is 4.71. The molecule has 0 saturated heterocycles. The van der Waals surface area contributed by atoms with E-state index in [9.17, 15) is 9.18 Å². The molecule has 20 heavy (non-hydrogen) atoms. The van der Waals surface area contributed by atoms with Crippen LogP contribution in [0.3, 0.4) is 0 Å². The molecule has 0 saturated carbocycles. The van der Waals surface area contributed by atoms with E-state index < -0.39 is 0 Å². The van der Waals surface area contributed by atoms with Gasteiger partial charge in [-0.3, -0.25) is 4.79 Å². The Kier molecular flexibility index (Phi) is 7.18. The maximum absolute atomic E-state index is 13.5. The summed E-state index contributed by atoms with van der Waals surface area (Å²) >= 11 is 0. The van der Waals surface area contributed by atoms with Gasteiger partial charge in [-0.05, 0) is 31.9 Å². The summed E-state index contributed by atoms with van der Waals surface area (Å²) in [5, 5.41) is 5.93. The van der Waals surface area contributed by atoms with E-state index in [1.54, 1.807) is 26.2 Å². The maximum Gasteiger partial charge on any atom is 0.236 e. The molecular formula is C15H23FN2O2. The van der Waals surface area contributed by atoms with Gasteiger partial charge in [-0.1, -0.05) is 18.2 Å². The van der Waals surface area contributed by atoms with Gasteiger partial charge < -0.3 is 15.4 Å². The molecule has 0 aromatic heterocycles. The van der Waals surface area contributed by atoms with Gasteiger partial charge in [0, 0.05) is 19.7 Å². The molecular weight excluding hydrogens is 259 g/mol. The van der Waals surface area contributed by atoms with Gasteiger partial charge in [0.15, 0.2) is 0 Å². The van der Waals surface area contributed by atoms with Crippen molar-refractivity contribution in [3.8, 4) is 0 Å². The average molecular weight is 282 g/mol. The number of benzene rings is 1. The van der Waals surface area contributed by atoms with Crippen LogP contribution < -0.4 is 10.6 Å². The Morgan fingerprint density at radius 2 is 2.05 bits per heavy atom. The Labute approximate surface area is 119 Å². The first-order chi connectivity index (χ1) is 9.54. The normalized spacial score (nSPS) is 13.8. The second kappa shape index (κ2) is 8.66. The van der Waals surface area contributed by atoms with Crippen LogP contribution in [-0.2, 0) is 16.0 Å². The van der Waals surface area contributed by atoms with Crippen LogP contribution in [0.2, 0.25) is 0 Å². The number of rotatable bonds is 8. The maximum atomic E-state index is 13.5. The molecule has 0 spiro atoms. The lowest BCUT2D eigenvalue weighted by Gasteiger charge is -2.20. The molecule has 1 amide bonds. The molecule has 2 atom stereocenters. The van der Waals surface area contributed by atoms with Crippen LogP contribution in [-0.4, -0.2) is 38.3 Å². The van der Waals surface area contributed by atoms with Crippen LogP contribution in [0.4, 0.5) is 4.39 Å². The largest absolute Gasteiger partial charge is 0.383 e. The Hall–Kier alpha value is -1.46. The van der Waals surface area contributed by atoms with Crippen LogP contribution in [0.25, 0.3) is 0 Å². The number of amides is 1. The molecule has 1 aromatic rings. The second-order valence-corrected chi connectivity index (χ2v) is 4.87. The smallest absolute Gasteiger partial charge is 0.236 e. The van der Waals surface area contributed by atoms with Gasteiger partial charge in [0.05, 0.1) is 12.6 Å². The topological polar surface area (TPSA) is 50.4 Å². The van der Waals surface area contributed by atoms with Gasteiger partial charge in [0.25, 0.3) is 0 Å². The quantitative estimate of drug-likeness (QED) is 0.710. The van der Waals surface area contributed by atoms with Crippen molar-refractivity contribution in [2.75, 3.05) is 20.3 Å². The Morgan fingerprint density at radius 3 is 2.70 bits per heavy atom.